The van der Waals surface area contributed by atoms with Gasteiger partial charge in [0.1, 0.15) is 0 Å². The predicted molar refractivity (Wildman–Crippen MR) is 121 cm³/mol. The number of carbonyl (C=O) groups excluding carboxylic acids is 4. The highest BCUT2D eigenvalue weighted by Gasteiger charge is 2.36. The third-order valence-electron chi connectivity index (χ3n) is 4.82. The number of aromatic nitrogens is 1. The van der Waals surface area contributed by atoms with Crippen molar-refractivity contribution >= 4 is 45.8 Å². The zero-order valence-corrected chi connectivity index (χ0v) is 18.2. The van der Waals surface area contributed by atoms with Crippen LogP contribution in [0.5, 0.6) is 0 Å². The second kappa shape index (κ2) is 8.72. The van der Waals surface area contributed by atoms with Gasteiger partial charge in [0.05, 0.1) is 11.1 Å². The summed E-state index contributed by atoms with van der Waals surface area (Å²) in [5.41, 5.74) is 1.55. The van der Waals surface area contributed by atoms with Crippen LogP contribution < -0.4 is 10.6 Å². The number of benzene rings is 2. The predicted octanol–water partition coefficient (Wildman–Crippen LogP) is 3.90. The molecule has 0 saturated carbocycles. The molecule has 0 unspecified atom stereocenters. The van der Waals surface area contributed by atoms with E-state index in [0.29, 0.717) is 28.5 Å². The number of hydrogen-bond acceptors (Lipinski definition) is 6. The second-order valence-electron chi connectivity index (χ2n) is 7.70. The molecule has 0 fully saturated rings. The minimum Gasteiger partial charge on any atom is -0.322 e. The van der Waals surface area contributed by atoms with E-state index in [1.165, 1.54) is 34.4 Å². The Balaban J connectivity index is 1.50. The molecule has 1 aliphatic rings. The molecule has 0 spiro atoms. The first-order chi connectivity index (χ1) is 15.3. The highest BCUT2D eigenvalue weighted by atomic mass is 32.1. The molecule has 0 radical (unpaired) electrons. The number of imide groups is 1. The molecule has 9 heteroatoms. The van der Waals surface area contributed by atoms with Gasteiger partial charge in [-0.25, -0.2) is 4.98 Å². The molecule has 0 aliphatic carbocycles. The molecule has 1 aliphatic heterocycles. The number of hydrogen-bond donors (Lipinski definition) is 2. The molecule has 3 aromatic rings. The van der Waals surface area contributed by atoms with Crippen molar-refractivity contribution < 1.29 is 19.2 Å². The Labute approximate surface area is 188 Å². The lowest BCUT2D eigenvalue weighted by molar-refractivity contribution is 0.0635. The lowest BCUT2D eigenvalue weighted by atomic mass is 10.1. The van der Waals surface area contributed by atoms with Crippen molar-refractivity contribution in [2.24, 2.45) is 5.92 Å². The van der Waals surface area contributed by atoms with Gasteiger partial charge in [0.15, 0.2) is 5.13 Å². The summed E-state index contributed by atoms with van der Waals surface area (Å²) < 4.78 is 0. The monoisotopic (exact) mass is 448 g/mol. The Morgan fingerprint density at radius 2 is 1.69 bits per heavy atom. The van der Waals surface area contributed by atoms with Crippen LogP contribution in [-0.2, 0) is 0 Å². The smallest absolute Gasteiger partial charge is 0.261 e. The zero-order valence-electron chi connectivity index (χ0n) is 17.4. The van der Waals surface area contributed by atoms with Gasteiger partial charge in [0, 0.05) is 34.9 Å². The van der Waals surface area contributed by atoms with E-state index in [1.807, 2.05) is 13.8 Å². The van der Waals surface area contributed by atoms with Crippen LogP contribution in [0.1, 0.15) is 55.3 Å². The van der Waals surface area contributed by atoms with E-state index in [2.05, 4.69) is 15.6 Å². The molecule has 4 rings (SSSR count). The third kappa shape index (κ3) is 4.28. The van der Waals surface area contributed by atoms with E-state index < -0.39 is 11.8 Å². The standard InChI is InChI=1S/C23H20N4O4S/c1-13(2)12-27-21(30)17-7-6-15(11-18(17)22(27)31)19(28)25-16-5-3-4-14(10-16)20(29)26-23-24-8-9-32-23/h3-11,13H,12H2,1-2H3,(H,25,28)(H,24,26,29). The van der Waals surface area contributed by atoms with Crippen molar-refractivity contribution in [3.63, 3.8) is 0 Å². The lowest BCUT2D eigenvalue weighted by Gasteiger charge is -2.15. The van der Waals surface area contributed by atoms with Crippen LogP contribution in [0, 0.1) is 5.92 Å². The molecule has 0 atom stereocenters. The van der Waals surface area contributed by atoms with Crippen LogP contribution in [0.25, 0.3) is 0 Å². The van der Waals surface area contributed by atoms with Gasteiger partial charge in [-0.3, -0.25) is 29.4 Å². The largest absolute Gasteiger partial charge is 0.322 e. The van der Waals surface area contributed by atoms with Gasteiger partial charge in [-0.15, -0.1) is 11.3 Å². The average Bonchev–Trinajstić information content (AvgIpc) is 3.36. The number of rotatable bonds is 6. The van der Waals surface area contributed by atoms with Crippen molar-refractivity contribution in [3.8, 4) is 0 Å². The van der Waals surface area contributed by atoms with Crippen LogP contribution in [0.3, 0.4) is 0 Å². The van der Waals surface area contributed by atoms with Gasteiger partial charge in [-0.05, 0) is 42.3 Å². The SMILES string of the molecule is CC(C)CN1C(=O)c2ccc(C(=O)Nc3cccc(C(=O)Nc4nccs4)c3)cc2C1=O. The molecule has 2 aromatic carbocycles. The van der Waals surface area contributed by atoms with Crippen LogP contribution in [-0.4, -0.2) is 40.1 Å². The lowest BCUT2D eigenvalue weighted by Crippen LogP contribution is -2.33. The first-order valence-electron chi connectivity index (χ1n) is 9.96. The minimum atomic E-state index is -0.451. The quantitative estimate of drug-likeness (QED) is 0.556. The van der Waals surface area contributed by atoms with Crippen LogP contribution >= 0.6 is 11.3 Å². The van der Waals surface area contributed by atoms with Crippen molar-refractivity contribution in [1.29, 1.82) is 0 Å². The Bertz CT molecular complexity index is 1220. The van der Waals surface area contributed by atoms with Crippen LogP contribution in [0.2, 0.25) is 0 Å². The summed E-state index contributed by atoms with van der Waals surface area (Å²) in [5, 5.41) is 7.65. The molecular formula is C23H20N4O4S. The fourth-order valence-corrected chi connectivity index (χ4v) is 3.88. The molecular weight excluding hydrogens is 428 g/mol. The van der Waals surface area contributed by atoms with Crippen molar-refractivity contribution in [1.82, 2.24) is 9.88 Å². The van der Waals surface area contributed by atoms with Gasteiger partial charge in [0.25, 0.3) is 23.6 Å². The Kier molecular flexibility index (Phi) is 5.83. The minimum absolute atomic E-state index is 0.139. The fraction of sp³-hybridized carbons (Fsp3) is 0.174. The molecule has 162 valence electrons. The summed E-state index contributed by atoms with van der Waals surface area (Å²) >= 11 is 1.30. The Morgan fingerprint density at radius 3 is 2.41 bits per heavy atom. The highest BCUT2D eigenvalue weighted by molar-refractivity contribution is 7.13. The summed E-state index contributed by atoms with van der Waals surface area (Å²) in [6.45, 7) is 4.17. The summed E-state index contributed by atoms with van der Waals surface area (Å²) in [4.78, 5) is 55.5. The normalized spacial score (nSPS) is 12.8. The zero-order chi connectivity index (χ0) is 22.8. The molecule has 0 saturated heterocycles. The maximum absolute atomic E-state index is 12.8. The maximum Gasteiger partial charge on any atom is 0.261 e. The van der Waals surface area contributed by atoms with Crippen molar-refractivity contribution in [3.05, 3.63) is 76.3 Å². The number of thiazole rings is 1. The highest BCUT2D eigenvalue weighted by Crippen LogP contribution is 2.25. The van der Waals surface area contributed by atoms with E-state index in [9.17, 15) is 19.2 Å². The van der Waals surface area contributed by atoms with Crippen molar-refractivity contribution in [2.75, 3.05) is 17.2 Å². The van der Waals surface area contributed by atoms with Crippen LogP contribution in [0.15, 0.2) is 54.0 Å². The van der Waals surface area contributed by atoms with E-state index in [-0.39, 0.29) is 28.9 Å². The molecule has 2 heterocycles. The molecule has 8 nitrogen and oxygen atoms in total. The number of anilines is 2. The molecule has 0 bridgehead atoms. The second-order valence-corrected chi connectivity index (χ2v) is 8.60. The van der Waals surface area contributed by atoms with E-state index in [4.69, 9.17) is 0 Å². The van der Waals surface area contributed by atoms with Gasteiger partial charge in [-0.1, -0.05) is 19.9 Å². The molecule has 32 heavy (non-hydrogen) atoms. The third-order valence-corrected chi connectivity index (χ3v) is 5.50. The summed E-state index contributed by atoms with van der Waals surface area (Å²) in [6, 6.07) is 10.9. The topological polar surface area (TPSA) is 108 Å². The number of carbonyl (C=O) groups is 4. The Hall–Kier alpha value is -3.85. The van der Waals surface area contributed by atoms with Gasteiger partial charge < -0.3 is 5.32 Å². The number of amides is 4. The van der Waals surface area contributed by atoms with E-state index in [0.717, 1.165) is 0 Å². The van der Waals surface area contributed by atoms with Gasteiger partial charge in [-0.2, -0.15) is 0 Å². The first-order valence-corrected chi connectivity index (χ1v) is 10.8. The van der Waals surface area contributed by atoms with Crippen LogP contribution in [0.4, 0.5) is 10.8 Å². The fourth-order valence-electron chi connectivity index (χ4n) is 3.36. The van der Waals surface area contributed by atoms with E-state index >= 15 is 0 Å². The first kappa shape index (κ1) is 21.4. The maximum atomic E-state index is 12.8. The molecule has 1 aromatic heterocycles. The molecule has 4 amide bonds. The van der Waals surface area contributed by atoms with Gasteiger partial charge >= 0.3 is 0 Å². The average molecular weight is 449 g/mol. The number of nitrogens with one attached hydrogen (secondary N) is 2. The van der Waals surface area contributed by atoms with E-state index in [1.54, 1.807) is 35.8 Å². The van der Waals surface area contributed by atoms with Crippen molar-refractivity contribution in [2.45, 2.75) is 13.8 Å². The molecule has 2 N–H and O–H groups in total. The van der Waals surface area contributed by atoms with Gasteiger partial charge in [0.2, 0.25) is 0 Å². The Morgan fingerprint density at radius 1 is 0.969 bits per heavy atom. The summed E-state index contributed by atoms with van der Waals surface area (Å²) in [7, 11) is 0. The number of nitrogens with zero attached hydrogens (tertiary/aromatic N) is 2. The summed E-state index contributed by atoms with van der Waals surface area (Å²) in [5.74, 6) is -1.39. The summed E-state index contributed by atoms with van der Waals surface area (Å²) in [6.07, 6.45) is 1.59. The number of fused-ring (bicyclic) bond motifs is 1.